The lowest BCUT2D eigenvalue weighted by Crippen LogP contribution is -1.99. The Labute approximate surface area is 79.9 Å². The third kappa shape index (κ3) is 4.26. The molecule has 0 aromatic rings. The standard InChI is InChI=1S/C12H15N/c1-2-3-4-8-11-13-12-9-6-5-7-10-12/h2-9,11-12H,10H2,1H3/b3-2-,8-4-,13-11?. The van der Waals surface area contributed by atoms with Crippen LogP contribution in [0.2, 0.25) is 0 Å². The Morgan fingerprint density at radius 3 is 2.85 bits per heavy atom. The normalized spacial score (nSPS) is 22.7. The highest BCUT2D eigenvalue weighted by atomic mass is 14.7. The van der Waals surface area contributed by atoms with Crippen LogP contribution in [0.1, 0.15) is 13.3 Å². The molecule has 1 atom stereocenters. The Morgan fingerprint density at radius 1 is 1.23 bits per heavy atom. The van der Waals surface area contributed by atoms with Gasteiger partial charge in [-0.25, -0.2) is 0 Å². The molecule has 1 unspecified atom stereocenters. The lowest BCUT2D eigenvalue weighted by Gasteiger charge is -2.05. The first-order chi connectivity index (χ1) is 6.43. The summed E-state index contributed by atoms with van der Waals surface area (Å²) in [6.07, 6.45) is 19.1. The van der Waals surface area contributed by atoms with Crippen LogP contribution in [0.3, 0.4) is 0 Å². The number of nitrogens with zero attached hydrogens (tertiary/aromatic N) is 1. The molecule has 0 heterocycles. The van der Waals surface area contributed by atoms with E-state index in [0.29, 0.717) is 6.04 Å². The average Bonchev–Trinajstić information content (AvgIpc) is 2.19. The van der Waals surface area contributed by atoms with Gasteiger partial charge < -0.3 is 0 Å². The molecule has 13 heavy (non-hydrogen) atoms. The SMILES string of the molecule is C/C=C\C=C/C=NC1C=CC=CC1. The second-order valence-electron chi connectivity index (χ2n) is 2.82. The van der Waals surface area contributed by atoms with Crippen LogP contribution in [-0.2, 0) is 0 Å². The van der Waals surface area contributed by atoms with Gasteiger partial charge in [0.1, 0.15) is 0 Å². The second kappa shape index (κ2) is 6.18. The summed E-state index contributed by atoms with van der Waals surface area (Å²) in [5, 5.41) is 0. The molecule has 1 aliphatic carbocycles. The zero-order valence-corrected chi connectivity index (χ0v) is 7.93. The lowest BCUT2D eigenvalue weighted by atomic mass is 10.1. The molecule has 1 rings (SSSR count). The Hall–Kier alpha value is -1.37. The molecule has 1 heteroatoms. The summed E-state index contributed by atoms with van der Waals surface area (Å²) in [6, 6.07) is 0.334. The van der Waals surface area contributed by atoms with Crippen molar-refractivity contribution < 1.29 is 0 Å². The largest absolute Gasteiger partial charge is 0.285 e. The van der Waals surface area contributed by atoms with E-state index in [1.165, 1.54) is 0 Å². The van der Waals surface area contributed by atoms with Gasteiger partial charge in [-0.15, -0.1) is 0 Å². The number of hydrogen-bond donors (Lipinski definition) is 0. The van der Waals surface area contributed by atoms with Crippen molar-refractivity contribution in [3.63, 3.8) is 0 Å². The van der Waals surface area contributed by atoms with Crippen molar-refractivity contribution in [3.05, 3.63) is 48.6 Å². The van der Waals surface area contributed by atoms with Crippen LogP contribution in [0, 0.1) is 0 Å². The molecule has 0 saturated carbocycles. The van der Waals surface area contributed by atoms with Gasteiger partial charge in [-0.3, -0.25) is 4.99 Å². The minimum atomic E-state index is 0.334. The van der Waals surface area contributed by atoms with Gasteiger partial charge in [-0.2, -0.15) is 0 Å². The maximum Gasteiger partial charge on any atom is 0.0717 e. The van der Waals surface area contributed by atoms with E-state index in [9.17, 15) is 0 Å². The van der Waals surface area contributed by atoms with Crippen molar-refractivity contribution in [3.8, 4) is 0 Å². The van der Waals surface area contributed by atoms with Gasteiger partial charge in [0.05, 0.1) is 6.04 Å². The topological polar surface area (TPSA) is 12.4 Å². The molecular weight excluding hydrogens is 158 g/mol. The zero-order chi connectivity index (χ0) is 9.36. The van der Waals surface area contributed by atoms with Crippen LogP contribution in [0.15, 0.2) is 53.6 Å². The van der Waals surface area contributed by atoms with E-state index in [4.69, 9.17) is 0 Å². The van der Waals surface area contributed by atoms with E-state index >= 15 is 0 Å². The Bertz CT molecular complexity index is 267. The third-order valence-corrected chi connectivity index (χ3v) is 1.74. The Kier molecular flexibility index (Phi) is 4.62. The molecule has 0 aliphatic heterocycles. The van der Waals surface area contributed by atoms with E-state index < -0.39 is 0 Å². The quantitative estimate of drug-likeness (QED) is 0.459. The second-order valence-corrected chi connectivity index (χ2v) is 2.82. The zero-order valence-electron chi connectivity index (χ0n) is 7.93. The number of aliphatic imine (C=N–C) groups is 1. The van der Waals surface area contributed by atoms with Crippen LogP contribution in [-0.4, -0.2) is 12.3 Å². The first-order valence-electron chi connectivity index (χ1n) is 4.58. The van der Waals surface area contributed by atoms with Gasteiger partial charge >= 0.3 is 0 Å². The molecule has 1 nitrogen and oxygen atoms in total. The van der Waals surface area contributed by atoms with Crippen LogP contribution >= 0.6 is 0 Å². The van der Waals surface area contributed by atoms with Crippen molar-refractivity contribution in [1.29, 1.82) is 0 Å². The van der Waals surface area contributed by atoms with E-state index in [1.54, 1.807) is 0 Å². The molecule has 68 valence electrons. The minimum absolute atomic E-state index is 0.334. The molecular formula is C12H15N. The monoisotopic (exact) mass is 173 g/mol. The highest BCUT2D eigenvalue weighted by molar-refractivity contribution is 5.71. The highest BCUT2D eigenvalue weighted by Crippen LogP contribution is 2.05. The molecule has 0 amide bonds. The fourth-order valence-corrected chi connectivity index (χ4v) is 1.06. The molecule has 0 spiro atoms. The van der Waals surface area contributed by atoms with Gasteiger partial charge in [0, 0.05) is 6.21 Å². The minimum Gasteiger partial charge on any atom is -0.285 e. The number of hydrogen-bond acceptors (Lipinski definition) is 1. The Morgan fingerprint density at radius 2 is 2.15 bits per heavy atom. The molecule has 0 aromatic heterocycles. The van der Waals surface area contributed by atoms with Crippen molar-refractivity contribution in [1.82, 2.24) is 0 Å². The van der Waals surface area contributed by atoms with Gasteiger partial charge in [0.25, 0.3) is 0 Å². The van der Waals surface area contributed by atoms with Gasteiger partial charge in [-0.1, -0.05) is 42.5 Å². The number of allylic oxidation sites excluding steroid dienone is 6. The maximum absolute atomic E-state index is 4.37. The van der Waals surface area contributed by atoms with Crippen molar-refractivity contribution in [2.75, 3.05) is 0 Å². The summed E-state index contributed by atoms with van der Waals surface area (Å²) < 4.78 is 0. The molecule has 0 fully saturated rings. The fraction of sp³-hybridized carbons (Fsp3) is 0.250. The van der Waals surface area contributed by atoms with Crippen molar-refractivity contribution in [2.24, 2.45) is 4.99 Å². The molecule has 0 saturated heterocycles. The van der Waals surface area contributed by atoms with Gasteiger partial charge in [0.2, 0.25) is 0 Å². The van der Waals surface area contributed by atoms with E-state index in [0.717, 1.165) is 6.42 Å². The Balaban J connectivity index is 2.31. The third-order valence-electron chi connectivity index (χ3n) is 1.74. The van der Waals surface area contributed by atoms with Crippen LogP contribution in [0.4, 0.5) is 0 Å². The number of rotatable bonds is 3. The van der Waals surface area contributed by atoms with E-state index in [2.05, 4.69) is 23.2 Å². The van der Waals surface area contributed by atoms with Crippen molar-refractivity contribution >= 4 is 6.21 Å². The summed E-state index contributed by atoms with van der Waals surface area (Å²) in [5.41, 5.74) is 0. The first-order valence-corrected chi connectivity index (χ1v) is 4.58. The maximum atomic E-state index is 4.37. The summed E-state index contributed by atoms with van der Waals surface area (Å²) in [4.78, 5) is 4.37. The predicted molar refractivity (Wildman–Crippen MR) is 59.1 cm³/mol. The van der Waals surface area contributed by atoms with Crippen LogP contribution in [0.5, 0.6) is 0 Å². The average molecular weight is 173 g/mol. The van der Waals surface area contributed by atoms with Crippen LogP contribution in [0.25, 0.3) is 0 Å². The lowest BCUT2D eigenvalue weighted by molar-refractivity contribution is 0.832. The molecule has 1 aliphatic rings. The fourth-order valence-electron chi connectivity index (χ4n) is 1.06. The van der Waals surface area contributed by atoms with Gasteiger partial charge in [-0.05, 0) is 19.4 Å². The molecule has 0 bridgehead atoms. The van der Waals surface area contributed by atoms with Gasteiger partial charge in [0.15, 0.2) is 0 Å². The smallest absolute Gasteiger partial charge is 0.0717 e. The first kappa shape index (κ1) is 9.72. The molecule has 0 N–H and O–H groups in total. The predicted octanol–water partition coefficient (Wildman–Crippen LogP) is 3.07. The van der Waals surface area contributed by atoms with E-state index in [-0.39, 0.29) is 0 Å². The molecule has 0 aromatic carbocycles. The van der Waals surface area contributed by atoms with Crippen molar-refractivity contribution in [2.45, 2.75) is 19.4 Å². The summed E-state index contributed by atoms with van der Waals surface area (Å²) in [6.45, 7) is 2.00. The summed E-state index contributed by atoms with van der Waals surface area (Å²) in [5.74, 6) is 0. The summed E-state index contributed by atoms with van der Waals surface area (Å²) in [7, 11) is 0. The molecule has 0 radical (unpaired) electrons. The summed E-state index contributed by atoms with van der Waals surface area (Å²) >= 11 is 0. The highest BCUT2D eigenvalue weighted by Gasteiger charge is 1.98. The van der Waals surface area contributed by atoms with Crippen LogP contribution < -0.4 is 0 Å². The van der Waals surface area contributed by atoms with E-state index in [1.807, 2.05) is 43.5 Å².